The van der Waals surface area contributed by atoms with Gasteiger partial charge < -0.3 is 48.8 Å². The van der Waals surface area contributed by atoms with E-state index in [9.17, 15) is 34.4 Å². The number of aliphatic hydroxyl groups is 2. The third-order valence-corrected chi connectivity index (χ3v) is 4.18. The minimum Gasteiger partial charge on any atom is -0.756 e. The summed E-state index contributed by atoms with van der Waals surface area (Å²) in [6, 6.07) is 2.64. The van der Waals surface area contributed by atoms with Crippen molar-refractivity contribution < 1.29 is 62.7 Å². The lowest BCUT2D eigenvalue weighted by Crippen LogP contribution is -2.46. The molecule has 1 unspecified atom stereocenters. The second kappa shape index (κ2) is 10.4. The minimum atomic E-state index is -4.99. The van der Waals surface area contributed by atoms with Crippen molar-refractivity contribution in [2.45, 2.75) is 24.5 Å². The van der Waals surface area contributed by atoms with Gasteiger partial charge in [0.1, 0.15) is 12.2 Å². The standard InChI is InChI=1S/C11H14NO9P.C5H11NO2/c13-8-7(5-20-22(17,18)19)21-10(9(8)14)12-3-1-2-6(4-12)11(15)16;1-6(2,3)4-5(7)8/h1-4,7-10,13-14H,5H2,(H2-,15,16,17,18,19);4H2,1-3H3/t7-,8-,9-,10-;/m1./s1. The van der Waals surface area contributed by atoms with Gasteiger partial charge in [-0.05, 0) is 6.07 Å². The molecule has 14 heteroatoms. The summed E-state index contributed by atoms with van der Waals surface area (Å²) >= 11 is 0. The van der Waals surface area contributed by atoms with Crippen LogP contribution in [0.25, 0.3) is 0 Å². The molecular formula is C16H25N2O11P. The van der Waals surface area contributed by atoms with Crippen molar-refractivity contribution in [2.24, 2.45) is 0 Å². The molecule has 2 heterocycles. The van der Waals surface area contributed by atoms with Gasteiger partial charge in [0.15, 0.2) is 25.0 Å². The number of carboxylic acids is 2. The molecule has 1 aliphatic rings. The van der Waals surface area contributed by atoms with Crippen molar-refractivity contribution in [3.8, 4) is 0 Å². The van der Waals surface area contributed by atoms with Crippen molar-refractivity contribution in [1.82, 2.24) is 0 Å². The molecule has 5 atom stereocenters. The molecule has 0 saturated carbocycles. The predicted molar refractivity (Wildman–Crippen MR) is 93.2 cm³/mol. The number of nitrogens with zero attached hydrogens (tertiary/aromatic N) is 2. The number of aromatic nitrogens is 1. The Kier molecular flexibility index (Phi) is 9.02. The monoisotopic (exact) mass is 452 g/mol. The molecule has 0 spiro atoms. The lowest BCUT2D eigenvalue weighted by Gasteiger charge is -2.20. The van der Waals surface area contributed by atoms with Crippen LogP contribution in [0.4, 0.5) is 0 Å². The van der Waals surface area contributed by atoms with Crippen LogP contribution in [0.5, 0.6) is 0 Å². The van der Waals surface area contributed by atoms with Crippen LogP contribution < -0.4 is 14.6 Å². The first-order valence-corrected chi connectivity index (χ1v) is 10.0. The molecule has 2 rings (SSSR count). The molecule has 1 saturated heterocycles. The van der Waals surface area contributed by atoms with Crippen LogP contribution >= 0.6 is 7.82 Å². The Morgan fingerprint density at radius 2 is 1.90 bits per heavy atom. The number of quaternary nitrogens is 1. The van der Waals surface area contributed by atoms with Gasteiger partial charge in [-0.1, -0.05) is 0 Å². The number of aliphatic hydroxyl groups excluding tert-OH is 2. The second-order valence-electron chi connectivity index (χ2n) is 7.48. The minimum absolute atomic E-state index is 0.174. The normalized spacial score (nSPS) is 25.7. The zero-order valence-electron chi connectivity index (χ0n) is 16.5. The molecule has 0 radical (unpaired) electrons. The van der Waals surface area contributed by atoms with E-state index >= 15 is 0 Å². The van der Waals surface area contributed by atoms with Gasteiger partial charge in [-0.15, -0.1) is 0 Å². The molecule has 30 heavy (non-hydrogen) atoms. The van der Waals surface area contributed by atoms with Crippen LogP contribution in [0.15, 0.2) is 24.5 Å². The van der Waals surface area contributed by atoms with Crippen molar-refractivity contribution in [3.63, 3.8) is 0 Å². The van der Waals surface area contributed by atoms with E-state index in [1.165, 1.54) is 22.9 Å². The summed E-state index contributed by atoms with van der Waals surface area (Å²) in [7, 11) is 0.532. The Bertz CT molecular complexity index is 792. The average molecular weight is 452 g/mol. The molecule has 1 aromatic rings. The van der Waals surface area contributed by atoms with Crippen LogP contribution in [-0.2, 0) is 18.6 Å². The molecule has 0 aliphatic carbocycles. The number of aliphatic carboxylic acids is 1. The number of carbonyl (C=O) groups excluding carboxylic acids is 1. The second-order valence-corrected chi connectivity index (χ2v) is 8.68. The summed E-state index contributed by atoms with van der Waals surface area (Å²) < 4.78 is 21.6. The van der Waals surface area contributed by atoms with E-state index < -0.39 is 50.9 Å². The van der Waals surface area contributed by atoms with Gasteiger partial charge in [-0.25, -0.2) is 4.79 Å². The first-order valence-electron chi connectivity index (χ1n) is 8.55. The summed E-state index contributed by atoms with van der Waals surface area (Å²) in [5.74, 6) is -2.19. The van der Waals surface area contributed by atoms with E-state index in [-0.39, 0.29) is 12.1 Å². The number of carbonyl (C=O) groups is 2. The van der Waals surface area contributed by atoms with Gasteiger partial charge in [-0.2, -0.15) is 4.57 Å². The van der Waals surface area contributed by atoms with Gasteiger partial charge in [0, 0.05) is 6.07 Å². The summed E-state index contributed by atoms with van der Waals surface area (Å²) in [6.45, 7) is -0.521. The number of hydrogen-bond acceptors (Lipinski definition) is 9. The van der Waals surface area contributed by atoms with Gasteiger partial charge in [-0.3, -0.25) is 4.57 Å². The fraction of sp³-hybridized carbons (Fsp3) is 0.562. The first-order chi connectivity index (χ1) is 13.6. The largest absolute Gasteiger partial charge is 0.756 e. The molecule has 0 amide bonds. The highest BCUT2D eigenvalue weighted by Crippen LogP contribution is 2.33. The molecule has 4 N–H and O–H groups in total. The Morgan fingerprint density at radius 3 is 2.33 bits per heavy atom. The number of hydrogen-bond donors (Lipinski definition) is 4. The lowest BCUT2D eigenvalue weighted by molar-refractivity contribution is -0.862. The number of likely N-dealkylation sites (N-methyl/N-ethyl adjacent to an activating group) is 1. The topological polar surface area (TPSA) is 201 Å². The Hall–Kier alpha value is -1.96. The van der Waals surface area contributed by atoms with Crippen molar-refractivity contribution in [1.29, 1.82) is 0 Å². The highest BCUT2D eigenvalue weighted by Gasteiger charge is 2.48. The predicted octanol–water partition coefficient (Wildman–Crippen LogP) is -3.79. The maximum Gasteiger partial charge on any atom is 0.359 e. The quantitative estimate of drug-likeness (QED) is 0.180. The van der Waals surface area contributed by atoms with Crippen molar-refractivity contribution in [3.05, 3.63) is 30.1 Å². The maximum atomic E-state index is 10.8. The Labute approximate surface area is 172 Å². The maximum absolute atomic E-state index is 10.8. The van der Waals surface area contributed by atoms with E-state index in [0.717, 1.165) is 6.20 Å². The highest BCUT2D eigenvalue weighted by atomic mass is 31.2. The fourth-order valence-electron chi connectivity index (χ4n) is 2.46. The average Bonchev–Trinajstić information content (AvgIpc) is 2.86. The molecule has 170 valence electrons. The number of phosphoric acid groups is 1. The fourth-order valence-corrected chi connectivity index (χ4v) is 2.79. The van der Waals surface area contributed by atoms with Gasteiger partial charge >= 0.3 is 5.97 Å². The molecular weight excluding hydrogens is 427 g/mol. The van der Waals surface area contributed by atoms with Crippen molar-refractivity contribution >= 4 is 19.8 Å². The zero-order chi connectivity index (χ0) is 23.3. The summed E-state index contributed by atoms with van der Waals surface area (Å²) in [4.78, 5) is 39.8. The number of phosphoric ester groups is 1. The molecule has 13 nitrogen and oxygen atoms in total. The third-order valence-electron chi connectivity index (χ3n) is 3.70. The number of ether oxygens (including phenoxy) is 1. The third kappa shape index (κ3) is 8.81. The van der Waals surface area contributed by atoms with E-state index in [1.54, 1.807) is 0 Å². The van der Waals surface area contributed by atoms with E-state index in [1.807, 2.05) is 21.1 Å². The van der Waals surface area contributed by atoms with E-state index in [0.29, 0.717) is 4.48 Å². The summed E-state index contributed by atoms with van der Waals surface area (Å²) in [6.07, 6.45) is -2.82. The van der Waals surface area contributed by atoms with Gasteiger partial charge in [0.05, 0.1) is 39.3 Å². The zero-order valence-corrected chi connectivity index (χ0v) is 17.4. The Balaban J connectivity index is 0.000000479. The molecule has 1 aromatic heterocycles. The number of carboxylic acid groups (broad SMARTS) is 2. The highest BCUT2D eigenvalue weighted by molar-refractivity contribution is 7.44. The van der Waals surface area contributed by atoms with Crippen LogP contribution in [0.3, 0.4) is 0 Å². The molecule has 1 aliphatic heterocycles. The number of pyridine rings is 1. The van der Waals surface area contributed by atoms with Crippen LogP contribution in [-0.4, -0.2) is 89.2 Å². The van der Waals surface area contributed by atoms with Gasteiger partial charge in [0.2, 0.25) is 0 Å². The summed E-state index contributed by atoms with van der Waals surface area (Å²) in [5, 5.41) is 38.7. The SMILES string of the molecule is C[N+](C)(C)CC(=O)O.O=C([O-])c1ccc[n+]([C@@H]2O[C@H](COP(=O)([O-])O)[C@@H](O)[C@H]2O)c1. The number of aromatic carboxylic acids is 1. The number of rotatable bonds is 7. The first kappa shape index (κ1) is 26.1. The molecule has 1 fully saturated rings. The Morgan fingerprint density at radius 1 is 1.30 bits per heavy atom. The smallest absolute Gasteiger partial charge is 0.359 e. The van der Waals surface area contributed by atoms with Crippen LogP contribution in [0, 0.1) is 0 Å². The van der Waals surface area contributed by atoms with E-state index in [4.69, 9.17) is 14.7 Å². The van der Waals surface area contributed by atoms with Crippen molar-refractivity contribution in [2.75, 3.05) is 34.3 Å². The van der Waals surface area contributed by atoms with Gasteiger partial charge in [0.25, 0.3) is 14.1 Å². The summed E-state index contributed by atoms with van der Waals surface area (Å²) in [5.41, 5.74) is -0.174. The molecule has 0 aromatic carbocycles. The van der Waals surface area contributed by atoms with E-state index in [2.05, 4.69) is 4.52 Å². The van der Waals surface area contributed by atoms with Crippen LogP contribution in [0.1, 0.15) is 16.6 Å². The lowest BCUT2D eigenvalue weighted by atomic mass is 10.1. The molecule has 0 bridgehead atoms. The van der Waals surface area contributed by atoms with Crippen LogP contribution in [0.2, 0.25) is 0 Å².